The number of rotatable bonds is 11. The number of halogens is 2. The Morgan fingerprint density at radius 1 is 1.16 bits per heavy atom. The lowest BCUT2D eigenvalue weighted by molar-refractivity contribution is -0.110. The fourth-order valence-electron chi connectivity index (χ4n) is 2.10. The topological polar surface area (TPSA) is 61.4 Å². The van der Waals surface area contributed by atoms with Crippen molar-refractivity contribution in [1.29, 1.82) is 0 Å². The molecule has 1 rings (SSSR count). The molecule has 0 bridgehead atoms. The zero-order valence-corrected chi connectivity index (χ0v) is 15.4. The number of para-hydroxylation sites is 1. The van der Waals surface area contributed by atoms with Gasteiger partial charge in [-0.15, -0.1) is 0 Å². The van der Waals surface area contributed by atoms with E-state index in [1.54, 1.807) is 0 Å². The van der Waals surface area contributed by atoms with Crippen LogP contribution in [0.3, 0.4) is 0 Å². The van der Waals surface area contributed by atoms with E-state index in [-0.39, 0.29) is 18.4 Å². The molecule has 0 saturated heterocycles. The van der Waals surface area contributed by atoms with E-state index in [1.165, 1.54) is 0 Å². The van der Waals surface area contributed by atoms with Crippen LogP contribution in [-0.2, 0) is 4.79 Å². The lowest BCUT2D eigenvalue weighted by atomic mass is 10.0. The lowest BCUT2D eigenvalue weighted by Crippen LogP contribution is -2.37. The molecular formula is C19H32F2N2O2. The summed E-state index contributed by atoms with van der Waals surface area (Å²) in [6.45, 7) is 7.32. The predicted molar refractivity (Wildman–Crippen MR) is 99.2 cm³/mol. The van der Waals surface area contributed by atoms with Crippen LogP contribution in [0.25, 0.3) is 0 Å². The van der Waals surface area contributed by atoms with Gasteiger partial charge in [0.2, 0.25) is 6.43 Å². The maximum Gasteiger partial charge on any atom is 0.245 e. The zero-order chi connectivity index (χ0) is 19.1. The SMILES string of the molecule is CCC(C)NCCC(Nc1ccccc1)[C@@H](O)CC.O=CCC(F)F. The van der Waals surface area contributed by atoms with Crippen molar-refractivity contribution in [1.82, 2.24) is 5.32 Å². The third-order valence-electron chi connectivity index (χ3n) is 3.84. The van der Waals surface area contributed by atoms with Crippen LogP contribution >= 0.6 is 0 Å². The average molecular weight is 358 g/mol. The number of hydrogen-bond donors (Lipinski definition) is 3. The third kappa shape index (κ3) is 12.5. The molecule has 0 saturated carbocycles. The minimum absolute atomic E-state index is 0.101. The molecule has 0 amide bonds. The summed E-state index contributed by atoms with van der Waals surface area (Å²) in [6.07, 6.45) is -0.388. The first-order valence-electron chi connectivity index (χ1n) is 8.89. The maximum absolute atomic E-state index is 10.8. The highest BCUT2D eigenvalue weighted by atomic mass is 19.3. The Kier molecular flexibility index (Phi) is 13.9. The van der Waals surface area contributed by atoms with Crippen molar-refractivity contribution >= 4 is 12.0 Å². The Bertz CT molecular complexity index is 433. The molecule has 0 aliphatic rings. The Morgan fingerprint density at radius 2 is 1.80 bits per heavy atom. The number of aliphatic hydroxyl groups excluding tert-OH is 1. The molecule has 3 N–H and O–H groups in total. The smallest absolute Gasteiger partial charge is 0.245 e. The quantitative estimate of drug-likeness (QED) is 0.526. The van der Waals surface area contributed by atoms with Gasteiger partial charge >= 0.3 is 0 Å². The summed E-state index contributed by atoms with van der Waals surface area (Å²) >= 11 is 0. The van der Waals surface area contributed by atoms with Gasteiger partial charge in [0, 0.05) is 11.7 Å². The van der Waals surface area contributed by atoms with Gasteiger partial charge in [-0.25, -0.2) is 8.78 Å². The van der Waals surface area contributed by atoms with Crippen LogP contribution in [0.4, 0.5) is 14.5 Å². The molecule has 0 spiro atoms. The van der Waals surface area contributed by atoms with Crippen LogP contribution in [0.2, 0.25) is 0 Å². The van der Waals surface area contributed by atoms with Gasteiger partial charge < -0.3 is 20.5 Å². The number of benzene rings is 1. The minimum Gasteiger partial charge on any atom is -0.391 e. The van der Waals surface area contributed by atoms with Gasteiger partial charge in [0.15, 0.2) is 0 Å². The summed E-state index contributed by atoms with van der Waals surface area (Å²) < 4.78 is 21.6. The fourth-order valence-corrected chi connectivity index (χ4v) is 2.10. The van der Waals surface area contributed by atoms with Gasteiger partial charge in [-0.1, -0.05) is 32.0 Å². The van der Waals surface area contributed by atoms with Gasteiger partial charge in [-0.2, -0.15) is 0 Å². The summed E-state index contributed by atoms with van der Waals surface area (Å²) in [6, 6.07) is 10.7. The number of alkyl halides is 2. The molecule has 4 nitrogen and oxygen atoms in total. The standard InChI is InChI=1S/C16H28N2O.C3H4F2O/c1-4-13(3)17-12-11-15(16(19)5-2)18-14-9-7-6-8-10-14;4-3(5)1-2-6/h6-10,13,15-19H,4-5,11-12H2,1-3H3;2-3H,1H2/t13?,15?,16-;/m0./s1. The highest BCUT2D eigenvalue weighted by Crippen LogP contribution is 2.13. The third-order valence-corrected chi connectivity index (χ3v) is 3.84. The van der Waals surface area contributed by atoms with Gasteiger partial charge in [-0.05, 0) is 44.9 Å². The van der Waals surface area contributed by atoms with Crippen molar-refractivity contribution < 1.29 is 18.7 Å². The van der Waals surface area contributed by atoms with Crippen molar-refractivity contribution in [3.63, 3.8) is 0 Å². The first-order chi connectivity index (χ1) is 11.9. The van der Waals surface area contributed by atoms with Crippen molar-refractivity contribution in [2.45, 2.75) is 71.1 Å². The number of nitrogens with one attached hydrogen (secondary N) is 2. The van der Waals surface area contributed by atoms with E-state index in [2.05, 4.69) is 24.5 Å². The first-order valence-corrected chi connectivity index (χ1v) is 8.89. The van der Waals surface area contributed by atoms with Crippen molar-refractivity contribution in [3.05, 3.63) is 30.3 Å². The van der Waals surface area contributed by atoms with E-state index < -0.39 is 12.8 Å². The van der Waals surface area contributed by atoms with Crippen LogP contribution in [0.15, 0.2) is 30.3 Å². The molecule has 2 unspecified atom stereocenters. The minimum atomic E-state index is -2.47. The number of carbonyl (C=O) groups is 1. The highest BCUT2D eigenvalue weighted by molar-refractivity contribution is 5.49. The molecule has 0 aliphatic carbocycles. The number of hydrogen-bond acceptors (Lipinski definition) is 4. The molecule has 144 valence electrons. The maximum atomic E-state index is 10.8. The summed E-state index contributed by atoms with van der Waals surface area (Å²) in [5, 5.41) is 17.0. The number of carbonyl (C=O) groups excluding carboxylic acids is 1. The van der Waals surface area contributed by atoms with Crippen molar-refractivity contribution in [3.8, 4) is 0 Å². The van der Waals surface area contributed by atoms with Crippen LogP contribution in [0.5, 0.6) is 0 Å². The second kappa shape index (κ2) is 14.8. The van der Waals surface area contributed by atoms with E-state index in [0.29, 0.717) is 6.04 Å². The van der Waals surface area contributed by atoms with Crippen molar-refractivity contribution in [2.24, 2.45) is 0 Å². The second-order valence-electron chi connectivity index (χ2n) is 5.94. The second-order valence-corrected chi connectivity index (χ2v) is 5.94. The predicted octanol–water partition coefficient (Wildman–Crippen LogP) is 3.86. The van der Waals surface area contributed by atoms with Gasteiger partial charge in [0.05, 0.1) is 18.6 Å². The molecule has 6 heteroatoms. The molecule has 25 heavy (non-hydrogen) atoms. The Labute approximate surface area is 150 Å². The molecule has 0 heterocycles. The summed E-state index contributed by atoms with van der Waals surface area (Å²) in [5.41, 5.74) is 1.07. The van der Waals surface area contributed by atoms with Crippen LogP contribution < -0.4 is 10.6 Å². The molecule has 0 aliphatic heterocycles. The molecule has 0 radical (unpaired) electrons. The molecule has 0 aromatic heterocycles. The number of aldehydes is 1. The van der Waals surface area contributed by atoms with E-state index in [9.17, 15) is 13.9 Å². The van der Waals surface area contributed by atoms with E-state index in [0.717, 1.165) is 31.5 Å². The molecule has 1 aromatic carbocycles. The van der Waals surface area contributed by atoms with Crippen LogP contribution in [0.1, 0.15) is 46.5 Å². The van der Waals surface area contributed by atoms with E-state index >= 15 is 0 Å². The highest BCUT2D eigenvalue weighted by Gasteiger charge is 2.17. The molecule has 3 atom stereocenters. The molecular weight excluding hydrogens is 326 g/mol. The van der Waals surface area contributed by atoms with E-state index in [1.807, 2.05) is 37.3 Å². The summed E-state index contributed by atoms with van der Waals surface area (Å²) in [7, 11) is 0. The monoisotopic (exact) mass is 358 g/mol. The molecule has 1 aromatic rings. The van der Waals surface area contributed by atoms with Crippen LogP contribution in [-0.4, -0.2) is 42.6 Å². The molecule has 0 fully saturated rings. The Hall–Kier alpha value is -1.53. The zero-order valence-electron chi connectivity index (χ0n) is 15.4. The first kappa shape index (κ1) is 23.5. The summed E-state index contributed by atoms with van der Waals surface area (Å²) in [4.78, 5) is 9.14. The van der Waals surface area contributed by atoms with Gasteiger partial charge in [0.1, 0.15) is 6.29 Å². The number of aliphatic hydroxyl groups is 1. The fraction of sp³-hybridized carbons (Fsp3) is 0.632. The van der Waals surface area contributed by atoms with E-state index in [4.69, 9.17) is 4.79 Å². The van der Waals surface area contributed by atoms with Gasteiger partial charge in [0.25, 0.3) is 0 Å². The largest absolute Gasteiger partial charge is 0.391 e. The lowest BCUT2D eigenvalue weighted by Gasteiger charge is -2.25. The van der Waals surface area contributed by atoms with Crippen molar-refractivity contribution in [2.75, 3.05) is 11.9 Å². The normalized spacial score (nSPS) is 14.2. The summed E-state index contributed by atoms with van der Waals surface area (Å²) in [5.74, 6) is 0. The number of anilines is 1. The Morgan fingerprint density at radius 3 is 2.24 bits per heavy atom. The Balaban J connectivity index is 0.000000823. The van der Waals surface area contributed by atoms with Gasteiger partial charge in [-0.3, -0.25) is 0 Å². The van der Waals surface area contributed by atoms with Crippen LogP contribution in [0, 0.1) is 0 Å². The average Bonchev–Trinajstić information content (AvgIpc) is 2.61.